The molecule has 0 radical (unpaired) electrons. The van der Waals surface area contributed by atoms with Gasteiger partial charge in [0.1, 0.15) is 12.6 Å². The van der Waals surface area contributed by atoms with Crippen LogP contribution in [0.2, 0.25) is 0 Å². The normalized spacial score (nSPS) is 13.1. The van der Waals surface area contributed by atoms with E-state index in [1.807, 2.05) is 36.4 Å². The number of carbonyl (C=O) groups excluding carboxylic acids is 2. The third-order valence-corrected chi connectivity index (χ3v) is 5.43. The molecule has 158 valence electrons. The van der Waals surface area contributed by atoms with Crippen molar-refractivity contribution in [3.63, 3.8) is 0 Å². The Morgan fingerprint density at radius 3 is 2.17 bits per heavy atom. The van der Waals surface area contributed by atoms with Gasteiger partial charge in [0, 0.05) is 25.9 Å². The molecule has 1 aliphatic rings. The van der Waals surface area contributed by atoms with Gasteiger partial charge in [0.05, 0.1) is 0 Å². The highest BCUT2D eigenvalue weighted by molar-refractivity contribution is 5.86. The Morgan fingerprint density at radius 1 is 1.07 bits per heavy atom. The molecule has 0 bridgehead atoms. The van der Waals surface area contributed by atoms with Crippen LogP contribution in [0, 0.1) is 0 Å². The molecule has 3 rings (SSSR count). The molecule has 7 heteroatoms. The molecule has 30 heavy (non-hydrogen) atoms. The lowest BCUT2D eigenvalue weighted by molar-refractivity contribution is -0.137. The van der Waals surface area contributed by atoms with Crippen LogP contribution in [-0.2, 0) is 14.3 Å². The number of nitrogens with one attached hydrogen (secondary N) is 1. The van der Waals surface area contributed by atoms with Crippen LogP contribution in [0.3, 0.4) is 0 Å². The summed E-state index contributed by atoms with van der Waals surface area (Å²) in [6, 6.07) is 15.1. The highest BCUT2D eigenvalue weighted by Crippen LogP contribution is 2.44. The molecule has 1 aliphatic carbocycles. The number of carboxylic acid groups (broad SMARTS) is 1. The largest absolute Gasteiger partial charge is 0.481 e. The molecule has 1 unspecified atom stereocenters. The maximum Gasteiger partial charge on any atom is 0.407 e. The average Bonchev–Trinajstić information content (AvgIpc) is 3.07. The van der Waals surface area contributed by atoms with E-state index in [1.54, 1.807) is 14.0 Å². The van der Waals surface area contributed by atoms with Gasteiger partial charge in [0.2, 0.25) is 5.91 Å². The van der Waals surface area contributed by atoms with E-state index >= 15 is 0 Å². The molecular formula is C23H26N2O5. The number of rotatable bonds is 8. The van der Waals surface area contributed by atoms with E-state index in [-0.39, 0.29) is 31.3 Å². The first kappa shape index (κ1) is 21.4. The molecule has 0 saturated heterocycles. The first-order chi connectivity index (χ1) is 14.4. The van der Waals surface area contributed by atoms with Crippen LogP contribution in [0.4, 0.5) is 4.79 Å². The zero-order valence-electron chi connectivity index (χ0n) is 17.1. The van der Waals surface area contributed by atoms with Crippen LogP contribution in [0.15, 0.2) is 48.5 Å². The molecule has 2 N–H and O–H groups in total. The molecule has 0 saturated carbocycles. The van der Waals surface area contributed by atoms with Gasteiger partial charge >= 0.3 is 12.1 Å². The van der Waals surface area contributed by atoms with E-state index in [0.29, 0.717) is 6.54 Å². The van der Waals surface area contributed by atoms with E-state index in [0.717, 1.165) is 22.3 Å². The lowest BCUT2D eigenvalue weighted by Crippen LogP contribution is -2.47. The number of alkyl carbamates (subject to hydrolysis) is 1. The number of hydrogen-bond acceptors (Lipinski definition) is 4. The molecule has 2 amide bonds. The second-order valence-electron chi connectivity index (χ2n) is 7.31. The summed E-state index contributed by atoms with van der Waals surface area (Å²) in [6.45, 7) is 2.39. The van der Waals surface area contributed by atoms with Crippen molar-refractivity contribution in [2.45, 2.75) is 31.7 Å². The average molecular weight is 410 g/mol. The molecule has 0 heterocycles. The second kappa shape index (κ2) is 9.43. The van der Waals surface area contributed by atoms with Gasteiger partial charge < -0.3 is 20.1 Å². The monoisotopic (exact) mass is 410 g/mol. The minimum atomic E-state index is -1.03. The summed E-state index contributed by atoms with van der Waals surface area (Å²) >= 11 is 0. The van der Waals surface area contributed by atoms with Gasteiger partial charge in [0.15, 0.2) is 0 Å². The number of carbonyl (C=O) groups is 3. The van der Waals surface area contributed by atoms with Crippen LogP contribution in [0.1, 0.15) is 36.8 Å². The van der Waals surface area contributed by atoms with Gasteiger partial charge in [-0.15, -0.1) is 0 Å². The number of aliphatic carboxylic acids is 1. The second-order valence-corrected chi connectivity index (χ2v) is 7.31. The summed E-state index contributed by atoms with van der Waals surface area (Å²) < 4.78 is 5.47. The van der Waals surface area contributed by atoms with Crippen molar-refractivity contribution in [3.05, 3.63) is 59.7 Å². The van der Waals surface area contributed by atoms with E-state index in [9.17, 15) is 14.4 Å². The summed E-state index contributed by atoms with van der Waals surface area (Å²) in [5, 5.41) is 11.5. The van der Waals surface area contributed by atoms with Crippen LogP contribution in [0.5, 0.6) is 0 Å². The summed E-state index contributed by atoms with van der Waals surface area (Å²) in [4.78, 5) is 37.3. The first-order valence-electron chi connectivity index (χ1n) is 10.0. The Labute approximate surface area is 175 Å². The fourth-order valence-corrected chi connectivity index (χ4v) is 3.73. The Hall–Kier alpha value is -3.35. The van der Waals surface area contributed by atoms with Crippen LogP contribution in [-0.4, -0.2) is 54.2 Å². The van der Waals surface area contributed by atoms with Crippen molar-refractivity contribution >= 4 is 18.0 Å². The van der Waals surface area contributed by atoms with Crippen molar-refractivity contribution in [3.8, 4) is 11.1 Å². The topological polar surface area (TPSA) is 95.9 Å². The SMILES string of the molecule is CCN(C)C(=O)C(CCC(=O)O)NC(=O)OCC1c2ccccc2-c2ccccc21. The Bertz CT molecular complexity index is 897. The van der Waals surface area contributed by atoms with Gasteiger partial charge in [-0.05, 0) is 35.6 Å². The minimum Gasteiger partial charge on any atom is -0.481 e. The number of nitrogens with zero attached hydrogens (tertiary/aromatic N) is 1. The van der Waals surface area contributed by atoms with Crippen molar-refractivity contribution < 1.29 is 24.2 Å². The predicted octanol–water partition coefficient (Wildman–Crippen LogP) is 3.24. The van der Waals surface area contributed by atoms with Crippen LogP contribution in [0.25, 0.3) is 11.1 Å². The zero-order chi connectivity index (χ0) is 21.7. The Morgan fingerprint density at radius 2 is 1.63 bits per heavy atom. The van der Waals surface area contributed by atoms with Gasteiger partial charge in [-0.3, -0.25) is 9.59 Å². The quantitative estimate of drug-likeness (QED) is 0.697. The molecular weight excluding hydrogens is 384 g/mol. The van der Waals surface area contributed by atoms with E-state index < -0.39 is 18.1 Å². The van der Waals surface area contributed by atoms with Gasteiger partial charge in [-0.25, -0.2) is 4.79 Å². The van der Waals surface area contributed by atoms with E-state index in [1.165, 1.54) is 4.90 Å². The molecule has 0 spiro atoms. The highest BCUT2D eigenvalue weighted by Gasteiger charge is 2.30. The molecule has 7 nitrogen and oxygen atoms in total. The van der Waals surface area contributed by atoms with E-state index in [2.05, 4.69) is 17.4 Å². The molecule has 0 fully saturated rings. The molecule has 0 aromatic heterocycles. The summed E-state index contributed by atoms with van der Waals surface area (Å²) in [5.41, 5.74) is 4.44. The third-order valence-electron chi connectivity index (χ3n) is 5.43. The van der Waals surface area contributed by atoms with Crippen molar-refractivity contribution in [2.24, 2.45) is 0 Å². The predicted molar refractivity (Wildman–Crippen MR) is 112 cm³/mol. The van der Waals surface area contributed by atoms with E-state index in [4.69, 9.17) is 9.84 Å². The van der Waals surface area contributed by atoms with Crippen LogP contribution < -0.4 is 5.32 Å². The lowest BCUT2D eigenvalue weighted by atomic mass is 9.98. The summed E-state index contributed by atoms with van der Waals surface area (Å²) in [5.74, 6) is -1.46. The van der Waals surface area contributed by atoms with Crippen LogP contribution >= 0.6 is 0 Å². The van der Waals surface area contributed by atoms with Gasteiger partial charge in [-0.1, -0.05) is 48.5 Å². The number of ether oxygens (including phenoxy) is 1. The Balaban J connectivity index is 1.68. The number of benzene rings is 2. The molecule has 0 aliphatic heterocycles. The fourth-order valence-electron chi connectivity index (χ4n) is 3.73. The minimum absolute atomic E-state index is 0.00268. The fraction of sp³-hybridized carbons (Fsp3) is 0.348. The number of carboxylic acids is 1. The zero-order valence-corrected chi connectivity index (χ0v) is 17.1. The number of likely N-dealkylation sites (N-methyl/N-ethyl adjacent to an activating group) is 1. The maximum absolute atomic E-state index is 12.5. The first-order valence-corrected chi connectivity index (χ1v) is 10.0. The molecule has 1 atom stereocenters. The van der Waals surface area contributed by atoms with Gasteiger partial charge in [0.25, 0.3) is 0 Å². The summed E-state index contributed by atoms with van der Waals surface area (Å²) in [7, 11) is 1.61. The standard InChI is InChI=1S/C23H26N2O5/c1-3-25(2)22(28)20(12-13-21(26)27)24-23(29)30-14-19-17-10-6-4-8-15(17)16-9-5-7-11-18(16)19/h4-11,19-20H,3,12-14H2,1-2H3,(H,24,29)(H,26,27). The molecule has 2 aromatic rings. The van der Waals surface area contributed by atoms with Gasteiger partial charge in [-0.2, -0.15) is 0 Å². The third kappa shape index (κ3) is 4.62. The highest BCUT2D eigenvalue weighted by atomic mass is 16.5. The Kier molecular flexibility index (Phi) is 6.72. The smallest absolute Gasteiger partial charge is 0.407 e. The number of amides is 2. The maximum atomic E-state index is 12.5. The van der Waals surface area contributed by atoms with Crippen molar-refractivity contribution in [1.82, 2.24) is 10.2 Å². The number of hydrogen-bond donors (Lipinski definition) is 2. The van der Waals surface area contributed by atoms with Crippen molar-refractivity contribution in [1.29, 1.82) is 0 Å². The summed E-state index contributed by atoms with van der Waals surface area (Å²) in [6.07, 6.45) is -0.953. The van der Waals surface area contributed by atoms with Crippen molar-refractivity contribution in [2.75, 3.05) is 20.2 Å². The molecule has 2 aromatic carbocycles. The number of fused-ring (bicyclic) bond motifs is 3. The lowest BCUT2D eigenvalue weighted by Gasteiger charge is -2.23.